The highest BCUT2D eigenvalue weighted by molar-refractivity contribution is 5.86. The minimum atomic E-state index is -0.468. The van der Waals surface area contributed by atoms with Gasteiger partial charge in [-0.1, -0.05) is 39.7 Å². The topological polar surface area (TPSA) is 52.1 Å². The Kier molecular flexibility index (Phi) is 5.06. The summed E-state index contributed by atoms with van der Waals surface area (Å²) in [5.41, 5.74) is 4.85. The number of hydrogen-bond donors (Lipinski definition) is 0. The second-order valence-corrected chi connectivity index (χ2v) is 8.29. The Morgan fingerprint density at radius 2 is 1.74 bits per heavy atom. The molecular weight excluding hydrogens is 336 g/mol. The van der Waals surface area contributed by atoms with Crippen molar-refractivity contribution in [2.75, 3.05) is 6.61 Å². The first kappa shape index (κ1) is 19.1. The van der Waals surface area contributed by atoms with Crippen LogP contribution in [0.5, 0.6) is 0 Å². The van der Waals surface area contributed by atoms with Crippen molar-refractivity contribution in [3.8, 4) is 11.8 Å². The zero-order chi connectivity index (χ0) is 19.7. The second kappa shape index (κ2) is 7.15. The normalized spacial score (nSPS) is 16.6. The zero-order valence-corrected chi connectivity index (χ0v) is 16.7. The highest BCUT2D eigenvalue weighted by atomic mass is 16.5. The average Bonchev–Trinajstić information content (AvgIpc) is 2.64. The van der Waals surface area contributed by atoms with Gasteiger partial charge in [0, 0.05) is 5.56 Å². The van der Waals surface area contributed by atoms with E-state index in [2.05, 4.69) is 67.7 Å². The van der Waals surface area contributed by atoms with Gasteiger partial charge in [-0.3, -0.25) is 0 Å². The van der Waals surface area contributed by atoms with E-state index in [0.717, 1.165) is 5.56 Å². The molecule has 0 aliphatic heterocycles. The number of esters is 1. The van der Waals surface area contributed by atoms with E-state index in [0.29, 0.717) is 12.3 Å². The number of fused-ring (bicyclic) bond motifs is 1. The highest BCUT2D eigenvalue weighted by Gasteiger charge is 2.36. The molecular formula is C23H26N2O2. The fourth-order valence-corrected chi connectivity index (χ4v) is 3.51. The summed E-state index contributed by atoms with van der Waals surface area (Å²) < 4.78 is 4.91. The molecule has 0 saturated carbocycles. The fourth-order valence-electron chi connectivity index (χ4n) is 3.51. The third kappa shape index (κ3) is 4.03. The summed E-state index contributed by atoms with van der Waals surface area (Å²) in [6, 6.07) is 6.51. The lowest BCUT2D eigenvalue weighted by molar-refractivity contribution is 0.0519. The summed E-state index contributed by atoms with van der Waals surface area (Å²) in [5, 5.41) is 0. The predicted molar refractivity (Wildman–Crippen MR) is 106 cm³/mol. The number of aromatic nitrogens is 2. The number of rotatable bonds is 2. The van der Waals surface area contributed by atoms with E-state index in [-0.39, 0.29) is 16.5 Å². The number of nitrogens with zero attached hydrogens (tertiary/aromatic N) is 2. The molecule has 3 rings (SSSR count). The summed E-state index contributed by atoms with van der Waals surface area (Å²) in [6.07, 6.45) is 5.27. The molecule has 1 aromatic carbocycles. The predicted octanol–water partition coefficient (Wildman–Crippen LogP) is 4.40. The maximum atomic E-state index is 11.6. The van der Waals surface area contributed by atoms with Crippen molar-refractivity contribution in [3.05, 3.63) is 58.7 Å². The third-order valence-corrected chi connectivity index (χ3v) is 5.32. The van der Waals surface area contributed by atoms with Gasteiger partial charge in [-0.2, -0.15) is 0 Å². The standard InChI is InChI=1S/C23H26N2O2/c1-6-27-21(26)20-15-24-17(14-25-20)9-7-16-8-10-18-19(13-16)23(4,5)12-11-22(18,2)3/h8,10,13-15H,6,11-12H2,1-5H3. The van der Waals surface area contributed by atoms with E-state index in [1.807, 2.05) is 0 Å². The maximum absolute atomic E-state index is 11.6. The summed E-state index contributed by atoms with van der Waals surface area (Å²) in [6.45, 7) is 11.3. The van der Waals surface area contributed by atoms with Gasteiger partial charge in [0.25, 0.3) is 0 Å². The molecule has 1 aromatic heterocycles. The van der Waals surface area contributed by atoms with Gasteiger partial charge in [-0.25, -0.2) is 14.8 Å². The lowest BCUT2D eigenvalue weighted by atomic mass is 9.63. The van der Waals surface area contributed by atoms with Gasteiger partial charge < -0.3 is 4.74 Å². The van der Waals surface area contributed by atoms with Gasteiger partial charge >= 0.3 is 5.97 Å². The molecule has 140 valence electrons. The van der Waals surface area contributed by atoms with Gasteiger partial charge in [0.15, 0.2) is 5.69 Å². The molecule has 27 heavy (non-hydrogen) atoms. The first-order valence-electron chi connectivity index (χ1n) is 9.39. The molecule has 0 N–H and O–H groups in total. The molecule has 1 aliphatic carbocycles. The van der Waals surface area contributed by atoms with Crippen LogP contribution in [0.3, 0.4) is 0 Å². The summed E-state index contributed by atoms with van der Waals surface area (Å²) in [5.74, 6) is 5.75. The Labute approximate surface area is 161 Å². The lowest BCUT2D eigenvalue weighted by Crippen LogP contribution is -2.33. The van der Waals surface area contributed by atoms with Crippen molar-refractivity contribution in [2.24, 2.45) is 0 Å². The molecule has 0 bridgehead atoms. The number of carbonyl (C=O) groups excluding carboxylic acids is 1. The van der Waals surface area contributed by atoms with E-state index in [9.17, 15) is 4.79 Å². The first-order chi connectivity index (χ1) is 12.7. The van der Waals surface area contributed by atoms with Crippen LogP contribution in [0.2, 0.25) is 0 Å². The van der Waals surface area contributed by atoms with Gasteiger partial charge in [-0.05, 0) is 59.8 Å². The van der Waals surface area contributed by atoms with Crippen molar-refractivity contribution in [1.29, 1.82) is 0 Å². The smallest absolute Gasteiger partial charge is 0.358 e. The summed E-state index contributed by atoms with van der Waals surface area (Å²) in [7, 11) is 0. The number of carbonyl (C=O) groups is 1. The summed E-state index contributed by atoms with van der Waals surface area (Å²) >= 11 is 0. The number of benzene rings is 1. The Bertz CT molecular complexity index is 916. The number of hydrogen-bond acceptors (Lipinski definition) is 4. The first-order valence-corrected chi connectivity index (χ1v) is 9.39. The van der Waals surface area contributed by atoms with Crippen molar-refractivity contribution >= 4 is 5.97 Å². The molecule has 4 nitrogen and oxygen atoms in total. The van der Waals surface area contributed by atoms with E-state index in [4.69, 9.17) is 4.74 Å². The monoisotopic (exact) mass is 362 g/mol. The minimum absolute atomic E-state index is 0.156. The molecule has 0 spiro atoms. The number of ether oxygens (including phenoxy) is 1. The highest BCUT2D eigenvalue weighted by Crippen LogP contribution is 2.45. The average molecular weight is 362 g/mol. The molecule has 4 heteroatoms. The Balaban J connectivity index is 1.87. The fraction of sp³-hybridized carbons (Fsp3) is 0.435. The van der Waals surface area contributed by atoms with Crippen LogP contribution >= 0.6 is 0 Å². The van der Waals surface area contributed by atoms with Crippen molar-refractivity contribution in [1.82, 2.24) is 9.97 Å². The van der Waals surface area contributed by atoms with Gasteiger partial charge in [-0.15, -0.1) is 0 Å². The quantitative estimate of drug-likeness (QED) is 0.587. The maximum Gasteiger partial charge on any atom is 0.358 e. The molecule has 2 aromatic rings. The molecule has 0 amide bonds. The largest absolute Gasteiger partial charge is 0.461 e. The van der Waals surface area contributed by atoms with Crippen LogP contribution in [0.4, 0.5) is 0 Å². The third-order valence-electron chi connectivity index (χ3n) is 5.32. The SMILES string of the molecule is CCOC(=O)c1cnc(C#Cc2ccc3c(c2)C(C)(C)CCC3(C)C)cn1. The van der Waals surface area contributed by atoms with Crippen LogP contribution in [0.15, 0.2) is 30.6 Å². The van der Waals surface area contributed by atoms with Crippen molar-refractivity contribution in [2.45, 2.75) is 58.3 Å². The molecule has 0 atom stereocenters. The molecule has 0 radical (unpaired) electrons. The van der Waals surface area contributed by atoms with E-state index >= 15 is 0 Å². The molecule has 1 aliphatic rings. The van der Waals surface area contributed by atoms with Crippen molar-refractivity contribution < 1.29 is 9.53 Å². The minimum Gasteiger partial charge on any atom is -0.461 e. The van der Waals surface area contributed by atoms with Gasteiger partial charge in [0.05, 0.1) is 19.0 Å². The van der Waals surface area contributed by atoms with Crippen LogP contribution in [0, 0.1) is 11.8 Å². The Morgan fingerprint density at radius 3 is 2.37 bits per heavy atom. The Morgan fingerprint density at radius 1 is 1.04 bits per heavy atom. The van der Waals surface area contributed by atoms with Crippen LogP contribution in [0.1, 0.15) is 80.3 Å². The van der Waals surface area contributed by atoms with E-state index in [1.165, 1.54) is 36.4 Å². The zero-order valence-electron chi connectivity index (χ0n) is 16.7. The van der Waals surface area contributed by atoms with E-state index in [1.54, 1.807) is 6.92 Å². The second-order valence-electron chi connectivity index (χ2n) is 8.29. The van der Waals surface area contributed by atoms with E-state index < -0.39 is 5.97 Å². The lowest BCUT2D eigenvalue weighted by Gasteiger charge is -2.41. The van der Waals surface area contributed by atoms with Crippen molar-refractivity contribution in [3.63, 3.8) is 0 Å². The van der Waals surface area contributed by atoms with Gasteiger partial charge in [0.1, 0.15) is 5.69 Å². The molecule has 1 heterocycles. The summed E-state index contributed by atoms with van der Waals surface area (Å²) in [4.78, 5) is 19.9. The molecule has 0 saturated heterocycles. The Hall–Kier alpha value is -2.67. The van der Waals surface area contributed by atoms with Crippen LogP contribution in [0.25, 0.3) is 0 Å². The van der Waals surface area contributed by atoms with Crippen LogP contribution < -0.4 is 0 Å². The molecule has 0 fully saturated rings. The molecule has 0 unspecified atom stereocenters. The van der Waals surface area contributed by atoms with Crippen LogP contribution in [-0.2, 0) is 15.6 Å². The van der Waals surface area contributed by atoms with Gasteiger partial charge in [0.2, 0.25) is 0 Å². The van der Waals surface area contributed by atoms with Crippen LogP contribution in [-0.4, -0.2) is 22.5 Å².